The van der Waals surface area contributed by atoms with E-state index in [1.54, 1.807) is 6.20 Å². The standard InChI is InChI=1S/C26H26FN5O/c27-22-6-3-19(4-7-22)17-32-12-9-18(10-13-32)14-25(33)29-26-23-8-5-20(15-24(23)30-31-26)21-2-1-11-28-16-21/h1-8,11,15-16,18H,9-10,12-14,17H2,(H2,29,30,31,33). The fourth-order valence-electron chi connectivity index (χ4n) is 4.47. The summed E-state index contributed by atoms with van der Waals surface area (Å²) >= 11 is 0. The predicted octanol–water partition coefficient (Wildman–Crippen LogP) is 5.00. The quantitative estimate of drug-likeness (QED) is 0.440. The Hall–Kier alpha value is -3.58. The first kappa shape index (κ1) is 21.3. The molecule has 0 unspecified atom stereocenters. The van der Waals surface area contributed by atoms with Crippen LogP contribution in [-0.2, 0) is 11.3 Å². The molecule has 2 aromatic heterocycles. The van der Waals surface area contributed by atoms with Crippen LogP contribution in [0.2, 0.25) is 0 Å². The molecule has 0 saturated carbocycles. The van der Waals surface area contributed by atoms with E-state index in [1.165, 1.54) is 12.1 Å². The zero-order valence-electron chi connectivity index (χ0n) is 18.3. The van der Waals surface area contributed by atoms with Crippen LogP contribution in [0.15, 0.2) is 67.0 Å². The van der Waals surface area contributed by atoms with E-state index in [0.717, 1.165) is 60.1 Å². The highest BCUT2D eigenvalue weighted by atomic mass is 19.1. The highest BCUT2D eigenvalue weighted by Gasteiger charge is 2.22. The number of piperidine rings is 1. The van der Waals surface area contributed by atoms with Crippen molar-refractivity contribution < 1.29 is 9.18 Å². The number of hydrogen-bond acceptors (Lipinski definition) is 4. The lowest BCUT2D eigenvalue weighted by molar-refractivity contribution is -0.117. The van der Waals surface area contributed by atoms with Gasteiger partial charge in [0.1, 0.15) is 5.82 Å². The monoisotopic (exact) mass is 443 g/mol. The molecule has 1 amide bonds. The number of rotatable bonds is 6. The Labute approximate surface area is 191 Å². The topological polar surface area (TPSA) is 73.9 Å². The molecule has 33 heavy (non-hydrogen) atoms. The number of pyridine rings is 1. The number of amides is 1. The molecule has 1 aliphatic rings. The third kappa shape index (κ3) is 5.09. The van der Waals surface area contributed by atoms with Gasteiger partial charge in [0.2, 0.25) is 5.91 Å². The van der Waals surface area contributed by atoms with Crippen LogP contribution in [0.3, 0.4) is 0 Å². The maximum atomic E-state index is 13.1. The first-order valence-electron chi connectivity index (χ1n) is 11.3. The molecule has 6 nitrogen and oxygen atoms in total. The van der Waals surface area contributed by atoms with Crippen LogP contribution in [0, 0.1) is 11.7 Å². The van der Waals surface area contributed by atoms with Gasteiger partial charge in [-0.25, -0.2) is 4.39 Å². The van der Waals surface area contributed by atoms with Gasteiger partial charge in [0, 0.05) is 36.3 Å². The molecular weight excluding hydrogens is 417 g/mol. The maximum Gasteiger partial charge on any atom is 0.225 e. The van der Waals surface area contributed by atoms with Crippen molar-refractivity contribution in [1.29, 1.82) is 0 Å². The number of H-pyrrole nitrogens is 1. The number of halogens is 1. The molecule has 0 radical (unpaired) electrons. The van der Waals surface area contributed by atoms with Crippen molar-refractivity contribution in [3.05, 3.63) is 78.4 Å². The van der Waals surface area contributed by atoms with E-state index in [0.29, 0.717) is 18.2 Å². The number of anilines is 1. The summed E-state index contributed by atoms with van der Waals surface area (Å²) in [7, 11) is 0. The molecule has 4 aromatic rings. The van der Waals surface area contributed by atoms with Crippen LogP contribution in [0.5, 0.6) is 0 Å². The lowest BCUT2D eigenvalue weighted by Crippen LogP contribution is -2.34. The molecule has 1 aliphatic heterocycles. The van der Waals surface area contributed by atoms with E-state index in [9.17, 15) is 9.18 Å². The van der Waals surface area contributed by atoms with Gasteiger partial charge in [0.25, 0.3) is 0 Å². The van der Waals surface area contributed by atoms with Crippen molar-refractivity contribution in [2.75, 3.05) is 18.4 Å². The Kier molecular flexibility index (Phi) is 6.13. The minimum atomic E-state index is -0.206. The predicted molar refractivity (Wildman–Crippen MR) is 127 cm³/mol. The Balaban J connectivity index is 1.15. The van der Waals surface area contributed by atoms with Crippen LogP contribution in [-0.4, -0.2) is 39.1 Å². The SMILES string of the molecule is O=C(CC1CCN(Cc2ccc(F)cc2)CC1)Nc1n[nH]c2cc(-c3cccnc3)ccc12. The Bertz CT molecular complexity index is 1230. The summed E-state index contributed by atoms with van der Waals surface area (Å²) in [6, 6.07) is 16.6. The van der Waals surface area contributed by atoms with Crippen molar-refractivity contribution in [3.63, 3.8) is 0 Å². The van der Waals surface area contributed by atoms with E-state index >= 15 is 0 Å². The molecule has 1 saturated heterocycles. The minimum absolute atomic E-state index is 0.00304. The number of fused-ring (bicyclic) bond motifs is 1. The zero-order valence-corrected chi connectivity index (χ0v) is 18.3. The lowest BCUT2D eigenvalue weighted by Gasteiger charge is -2.31. The van der Waals surface area contributed by atoms with Crippen LogP contribution in [0.1, 0.15) is 24.8 Å². The number of aromatic nitrogens is 3. The van der Waals surface area contributed by atoms with Crippen molar-refractivity contribution in [2.24, 2.45) is 5.92 Å². The molecule has 5 rings (SSSR count). The highest BCUT2D eigenvalue weighted by Crippen LogP contribution is 2.28. The summed E-state index contributed by atoms with van der Waals surface area (Å²) in [5.41, 5.74) is 4.07. The summed E-state index contributed by atoms with van der Waals surface area (Å²) in [5, 5.41) is 11.2. The summed E-state index contributed by atoms with van der Waals surface area (Å²) in [4.78, 5) is 19.2. The van der Waals surface area contributed by atoms with Gasteiger partial charge in [-0.15, -0.1) is 0 Å². The minimum Gasteiger partial charge on any atom is -0.309 e. The van der Waals surface area contributed by atoms with Crippen molar-refractivity contribution in [3.8, 4) is 11.1 Å². The van der Waals surface area contributed by atoms with E-state index < -0.39 is 0 Å². The Morgan fingerprint density at radius 2 is 1.91 bits per heavy atom. The largest absolute Gasteiger partial charge is 0.309 e. The fraction of sp³-hybridized carbons (Fsp3) is 0.269. The molecule has 168 valence electrons. The van der Waals surface area contributed by atoms with Crippen LogP contribution >= 0.6 is 0 Å². The number of aromatic amines is 1. The average molecular weight is 444 g/mol. The fourth-order valence-corrected chi connectivity index (χ4v) is 4.47. The molecule has 3 heterocycles. The van der Waals surface area contributed by atoms with Crippen molar-refractivity contribution in [2.45, 2.75) is 25.8 Å². The number of nitrogens with zero attached hydrogens (tertiary/aromatic N) is 3. The smallest absolute Gasteiger partial charge is 0.225 e. The van der Waals surface area contributed by atoms with Gasteiger partial charge < -0.3 is 5.32 Å². The second-order valence-electron chi connectivity index (χ2n) is 8.67. The second-order valence-corrected chi connectivity index (χ2v) is 8.67. The molecule has 0 aliphatic carbocycles. The van der Waals surface area contributed by atoms with E-state index in [4.69, 9.17) is 0 Å². The summed E-state index contributed by atoms with van der Waals surface area (Å²) in [5.74, 6) is 0.720. The van der Waals surface area contributed by atoms with Gasteiger partial charge in [0.15, 0.2) is 5.82 Å². The normalized spacial score (nSPS) is 15.1. The molecule has 0 bridgehead atoms. The molecule has 2 N–H and O–H groups in total. The van der Waals surface area contributed by atoms with E-state index in [2.05, 4.69) is 25.4 Å². The maximum absolute atomic E-state index is 13.1. The van der Waals surface area contributed by atoms with Crippen LogP contribution in [0.4, 0.5) is 10.2 Å². The summed E-state index contributed by atoms with van der Waals surface area (Å²) in [6.07, 6.45) is 6.02. The van der Waals surface area contributed by atoms with E-state index in [1.807, 2.05) is 48.7 Å². The number of hydrogen-bond donors (Lipinski definition) is 2. The van der Waals surface area contributed by atoms with Crippen LogP contribution < -0.4 is 5.32 Å². The van der Waals surface area contributed by atoms with Gasteiger partial charge in [-0.2, -0.15) is 5.10 Å². The zero-order chi connectivity index (χ0) is 22.6. The number of likely N-dealkylation sites (tertiary alicyclic amines) is 1. The molecule has 1 fully saturated rings. The van der Waals surface area contributed by atoms with Gasteiger partial charge in [-0.05, 0) is 73.3 Å². The molecule has 0 spiro atoms. The molecule has 2 aromatic carbocycles. The summed E-state index contributed by atoms with van der Waals surface area (Å²) < 4.78 is 13.1. The molecular formula is C26H26FN5O. The molecule has 0 atom stereocenters. The third-order valence-electron chi connectivity index (χ3n) is 6.32. The van der Waals surface area contributed by atoms with Gasteiger partial charge in [-0.3, -0.25) is 19.8 Å². The van der Waals surface area contributed by atoms with Crippen molar-refractivity contribution >= 4 is 22.6 Å². The third-order valence-corrected chi connectivity index (χ3v) is 6.32. The Morgan fingerprint density at radius 1 is 1.09 bits per heavy atom. The lowest BCUT2D eigenvalue weighted by atomic mass is 9.93. The van der Waals surface area contributed by atoms with Gasteiger partial charge in [0.05, 0.1) is 5.52 Å². The highest BCUT2D eigenvalue weighted by molar-refractivity contribution is 6.00. The Morgan fingerprint density at radius 3 is 2.67 bits per heavy atom. The van der Waals surface area contributed by atoms with Crippen LogP contribution in [0.25, 0.3) is 22.0 Å². The van der Waals surface area contributed by atoms with Crippen molar-refractivity contribution in [1.82, 2.24) is 20.1 Å². The van der Waals surface area contributed by atoms with E-state index in [-0.39, 0.29) is 11.7 Å². The number of nitrogens with one attached hydrogen (secondary N) is 2. The number of carbonyl (C=O) groups is 1. The second kappa shape index (κ2) is 9.50. The average Bonchev–Trinajstić information content (AvgIpc) is 3.24. The number of carbonyl (C=O) groups excluding carboxylic acids is 1. The first-order valence-corrected chi connectivity index (χ1v) is 11.3. The molecule has 7 heteroatoms. The van der Waals surface area contributed by atoms with Gasteiger partial charge >= 0.3 is 0 Å². The summed E-state index contributed by atoms with van der Waals surface area (Å²) in [6.45, 7) is 2.70. The van der Waals surface area contributed by atoms with Gasteiger partial charge in [-0.1, -0.05) is 24.3 Å². The number of benzene rings is 2. The first-order chi connectivity index (χ1) is 16.1.